The number of aliphatic hydroxyl groups is 1. The van der Waals surface area contributed by atoms with E-state index in [4.69, 9.17) is 0 Å². The highest BCUT2D eigenvalue weighted by molar-refractivity contribution is 5.93. The van der Waals surface area contributed by atoms with E-state index < -0.39 is 11.5 Å². The fourth-order valence-electron chi connectivity index (χ4n) is 2.00. The molecule has 0 aromatic heterocycles. The summed E-state index contributed by atoms with van der Waals surface area (Å²) in [6.07, 6.45) is 4.53. The minimum Gasteiger partial charge on any atom is -0.378 e. The van der Waals surface area contributed by atoms with E-state index in [0.29, 0.717) is 19.5 Å². The maximum absolute atomic E-state index is 11.7. The van der Waals surface area contributed by atoms with E-state index in [1.165, 1.54) is 13.8 Å². The van der Waals surface area contributed by atoms with E-state index >= 15 is 0 Å². The summed E-state index contributed by atoms with van der Waals surface area (Å²) >= 11 is 0. The zero-order valence-corrected chi connectivity index (χ0v) is 12.4. The second-order valence-electron chi connectivity index (χ2n) is 5.61. The lowest BCUT2D eigenvalue weighted by Gasteiger charge is -2.20. The van der Waals surface area contributed by atoms with Gasteiger partial charge in [0.2, 0.25) is 5.91 Å². The van der Waals surface area contributed by atoms with Gasteiger partial charge in [-0.15, -0.1) is 0 Å². The third-order valence-corrected chi connectivity index (χ3v) is 3.04. The molecule has 1 heterocycles. The number of hydrogen-bond donors (Lipinski definition) is 2. The van der Waals surface area contributed by atoms with Gasteiger partial charge in [-0.3, -0.25) is 9.59 Å². The quantitative estimate of drug-likeness (QED) is 0.587. The molecule has 0 unspecified atom stereocenters. The first kappa shape index (κ1) is 16.5. The van der Waals surface area contributed by atoms with Gasteiger partial charge in [0.1, 0.15) is 5.60 Å². The van der Waals surface area contributed by atoms with Crippen LogP contribution in [0.15, 0.2) is 0 Å². The molecule has 1 fully saturated rings. The molecule has 2 N–H and O–H groups in total. The maximum atomic E-state index is 11.7. The monoisotopic (exact) mass is 280 g/mol. The van der Waals surface area contributed by atoms with Crippen molar-refractivity contribution < 1.29 is 14.7 Å². The Labute approximate surface area is 120 Å². The Bertz CT molecular complexity index is 402. The average Bonchev–Trinajstić information content (AvgIpc) is 2.56. The smallest absolute Gasteiger partial charge is 0.295 e. The van der Waals surface area contributed by atoms with Crippen LogP contribution in [-0.4, -0.2) is 47.1 Å². The molecule has 0 saturated carbocycles. The Morgan fingerprint density at radius 1 is 1.40 bits per heavy atom. The molecule has 5 nitrogen and oxygen atoms in total. The molecular formula is C15H24N2O3. The van der Waals surface area contributed by atoms with E-state index in [-0.39, 0.29) is 5.91 Å². The van der Waals surface area contributed by atoms with Crippen LogP contribution in [0.5, 0.6) is 0 Å². The van der Waals surface area contributed by atoms with Gasteiger partial charge < -0.3 is 15.3 Å². The largest absolute Gasteiger partial charge is 0.378 e. The van der Waals surface area contributed by atoms with Crippen LogP contribution >= 0.6 is 0 Å². The van der Waals surface area contributed by atoms with Crippen LogP contribution in [0.3, 0.4) is 0 Å². The summed E-state index contributed by atoms with van der Waals surface area (Å²) in [6.45, 7) is 5.04. The van der Waals surface area contributed by atoms with Crippen LogP contribution in [-0.2, 0) is 9.59 Å². The van der Waals surface area contributed by atoms with Crippen LogP contribution in [0, 0.1) is 11.8 Å². The first-order valence-electron chi connectivity index (χ1n) is 7.20. The molecule has 0 radical (unpaired) electrons. The van der Waals surface area contributed by atoms with Gasteiger partial charge in [0, 0.05) is 26.1 Å². The highest BCUT2D eigenvalue weighted by Crippen LogP contribution is 2.11. The minimum absolute atomic E-state index is 0.218. The number of carbonyl (C=O) groups excluding carboxylic acids is 2. The number of nitrogens with one attached hydrogen (secondary N) is 1. The summed E-state index contributed by atoms with van der Waals surface area (Å²) in [4.78, 5) is 25.0. The van der Waals surface area contributed by atoms with Gasteiger partial charge in [-0.1, -0.05) is 12.3 Å². The maximum Gasteiger partial charge on any atom is 0.295 e. The number of hydrogen-bond acceptors (Lipinski definition) is 3. The van der Waals surface area contributed by atoms with Crippen molar-refractivity contribution in [3.05, 3.63) is 0 Å². The van der Waals surface area contributed by atoms with Crippen molar-refractivity contribution in [2.45, 2.75) is 51.6 Å². The lowest BCUT2D eigenvalue weighted by atomic mass is 10.1. The lowest BCUT2D eigenvalue weighted by molar-refractivity contribution is -0.130. The summed E-state index contributed by atoms with van der Waals surface area (Å²) in [5, 5.41) is 12.0. The zero-order valence-electron chi connectivity index (χ0n) is 12.4. The van der Waals surface area contributed by atoms with E-state index in [9.17, 15) is 14.7 Å². The van der Waals surface area contributed by atoms with Crippen molar-refractivity contribution in [3.8, 4) is 11.8 Å². The molecule has 5 heteroatoms. The van der Waals surface area contributed by atoms with Crippen molar-refractivity contribution >= 4 is 11.8 Å². The summed E-state index contributed by atoms with van der Waals surface area (Å²) in [6, 6.07) is 0. The molecule has 1 saturated heterocycles. The SMILES string of the molecule is CC(C)(O)C#CC(=O)NCCCN1CCCCCC1=O. The van der Waals surface area contributed by atoms with E-state index in [2.05, 4.69) is 17.2 Å². The molecule has 0 aliphatic carbocycles. The fourth-order valence-corrected chi connectivity index (χ4v) is 2.00. The molecule has 1 rings (SSSR count). The number of likely N-dealkylation sites (tertiary alicyclic amines) is 1. The van der Waals surface area contributed by atoms with Crippen molar-refractivity contribution in [1.82, 2.24) is 10.2 Å². The molecule has 1 aliphatic rings. The van der Waals surface area contributed by atoms with Gasteiger partial charge in [0.05, 0.1) is 0 Å². The number of amides is 2. The van der Waals surface area contributed by atoms with E-state index in [1.54, 1.807) is 0 Å². The van der Waals surface area contributed by atoms with Gasteiger partial charge >= 0.3 is 0 Å². The number of nitrogens with zero attached hydrogens (tertiary/aromatic N) is 1. The summed E-state index contributed by atoms with van der Waals surface area (Å²) < 4.78 is 0. The number of rotatable bonds is 4. The van der Waals surface area contributed by atoms with Gasteiger partial charge in [-0.25, -0.2) is 0 Å². The van der Waals surface area contributed by atoms with E-state index in [1.807, 2.05) is 4.90 Å². The third-order valence-electron chi connectivity index (χ3n) is 3.04. The molecule has 0 bridgehead atoms. The second kappa shape index (κ2) is 7.91. The van der Waals surface area contributed by atoms with Crippen LogP contribution in [0.2, 0.25) is 0 Å². The standard InChI is InChI=1S/C15H24N2O3/c1-15(2,20)9-8-13(18)16-10-6-12-17-11-5-3-4-7-14(17)19/h20H,3-7,10-12H2,1-2H3,(H,16,18). The first-order valence-corrected chi connectivity index (χ1v) is 7.20. The summed E-state index contributed by atoms with van der Waals surface area (Å²) in [5.41, 5.74) is -1.16. The Morgan fingerprint density at radius 3 is 2.85 bits per heavy atom. The minimum atomic E-state index is -1.16. The molecule has 0 aromatic rings. The Morgan fingerprint density at radius 2 is 2.15 bits per heavy atom. The Balaban J connectivity index is 2.22. The highest BCUT2D eigenvalue weighted by atomic mass is 16.3. The fraction of sp³-hybridized carbons (Fsp3) is 0.733. The molecule has 2 amide bonds. The number of carbonyl (C=O) groups is 2. The average molecular weight is 280 g/mol. The van der Waals surface area contributed by atoms with Crippen molar-refractivity contribution in [3.63, 3.8) is 0 Å². The second-order valence-corrected chi connectivity index (χ2v) is 5.61. The Kier molecular flexibility index (Phi) is 6.53. The van der Waals surface area contributed by atoms with Crippen LogP contribution in [0.1, 0.15) is 46.0 Å². The topological polar surface area (TPSA) is 69.6 Å². The highest BCUT2D eigenvalue weighted by Gasteiger charge is 2.15. The summed E-state index contributed by atoms with van der Waals surface area (Å²) in [5.74, 6) is 4.63. The van der Waals surface area contributed by atoms with E-state index in [0.717, 1.165) is 32.2 Å². The predicted octanol–water partition coefficient (Wildman–Crippen LogP) is 0.670. The zero-order chi connectivity index (χ0) is 15.0. The third kappa shape index (κ3) is 7.15. The van der Waals surface area contributed by atoms with Gasteiger partial charge in [-0.2, -0.15) is 0 Å². The molecule has 1 aliphatic heterocycles. The normalized spacial score (nSPS) is 16.1. The molecule has 0 spiro atoms. The van der Waals surface area contributed by atoms with Crippen molar-refractivity contribution in [2.75, 3.05) is 19.6 Å². The first-order chi connectivity index (χ1) is 9.38. The van der Waals surface area contributed by atoms with Crippen LogP contribution in [0.25, 0.3) is 0 Å². The van der Waals surface area contributed by atoms with Gasteiger partial charge in [0.25, 0.3) is 5.91 Å². The molecule has 0 atom stereocenters. The van der Waals surface area contributed by atoms with Crippen molar-refractivity contribution in [2.24, 2.45) is 0 Å². The predicted molar refractivity (Wildman–Crippen MR) is 76.7 cm³/mol. The van der Waals surface area contributed by atoms with Gasteiger partial charge in [0.15, 0.2) is 0 Å². The molecule has 0 aromatic carbocycles. The lowest BCUT2D eigenvalue weighted by Crippen LogP contribution is -2.33. The molecule has 112 valence electrons. The van der Waals surface area contributed by atoms with Crippen molar-refractivity contribution in [1.29, 1.82) is 0 Å². The van der Waals surface area contributed by atoms with Gasteiger partial charge in [-0.05, 0) is 39.0 Å². The molecular weight excluding hydrogens is 256 g/mol. The Hall–Kier alpha value is -1.54. The summed E-state index contributed by atoms with van der Waals surface area (Å²) in [7, 11) is 0. The molecule has 20 heavy (non-hydrogen) atoms. The van der Waals surface area contributed by atoms with Crippen LogP contribution < -0.4 is 5.32 Å². The van der Waals surface area contributed by atoms with Crippen LogP contribution in [0.4, 0.5) is 0 Å².